The number of hydrogen-bond donors (Lipinski definition) is 2. The van der Waals surface area contributed by atoms with Crippen LogP contribution in [0.1, 0.15) is 58.8 Å². The van der Waals surface area contributed by atoms with E-state index in [1.54, 1.807) is 0 Å². The summed E-state index contributed by atoms with van der Waals surface area (Å²) in [6, 6.07) is 0. The minimum absolute atomic E-state index is 0.00242. The first-order chi connectivity index (χ1) is 10.9. The van der Waals surface area contributed by atoms with Crippen molar-refractivity contribution < 1.29 is 10.2 Å². The second kappa shape index (κ2) is 5.20. The maximum Gasteiger partial charge on any atom is 0.0921 e. The molecule has 0 aromatic rings. The lowest BCUT2D eigenvalue weighted by Gasteiger charge is -2.60. The molecule has 23 heavy (non-hydrogen) atoms. The van der Waals surface area contributed by atoms with Crippen LogP contribution < -0.4 is 0 Å². The van der Waals surface area contributed by atoms with E-state index >= 15 is 0 Å². The normalized spacial score (nSPS) is 54.4. The Bertz CT molecular complexity index is 538. The van der Waals surface area contributed by atoms with E-state index in [9.17, 15) is 10.2 Å². The molecule has 4 aliphatic carbocycles. The smallest absolute Gasteiger partial charge is 0.0921 e. The average molecular weight is 316 g/mol. The fourth-order valence-electron chi connectivity index (χ4n) is 6.95. The number of fused-ring (bicyclic) bond motifs is 5. The molecule has 0 spiro atoms. The molecule has 0 saturated heterocycles. The third-order valence-corrected chi connectivity index (χ3v) is 8.55. The van der Waals surface area contributed by atoms with Gasteiger partial charge < -0.3 is 10.2 Å². The van der Waals surface area contributed by atoms with E-state index in [1.807, 2.05) is 0 Å². The summed E-state index contributed by atoms with van der Waals surface area (Å²) in [6.45, 7) is 5.15. The van der Waals surface area contributed by atoms with Gasteiger partial charge in [-0.2, -0.15) is 0 Å². The van der Waals surface area contributed by atoms with Crippen LogP contribution in [0.4, 0.5) is 0 Å². The Kier molecular flexibility index (Phi) is 3.59. The first kappa shape index (κ1) is 15.9. The third-order valence-electron chi connectivity index (χ3n) is 8.55. The van der Waals surface area contributed by atoms with Crippen LogP contribution in [0.5, 0.6) is 0 Å². The number of hydrogen-bond acceptors (Lipinski definition) is 2. The quantitative estimate of drug-likeness (QED) is 0.754. The molecule has 2 fully saturated rings. The van der Waals surface area contributed by atoms with Crippen molar-refractivity contribution in [2.75, 3.05) is 6.61 Å². The molecule has 1 unspecified atom stereocenters. The Morgan fingerprint density at radius 3 is 2.61 bits per heavy atom. The minimum atomic E-state index is -0.639. The van der Waals surface area contributed by atoms with E-state index in [-0.39, 0.29) is 5.41 Å². The number of aliphatic hydroxyl groups is 2. The Labute approximate surface area is 140 Å². The molecule has 2 nitrogen and oxygen atoms in total. The zero-order chi connectivity index (χ0) is 16.3. The van der Waals surface area contributed by atoms with Crippen molar-refractivity contribution in [3.63, 3.8) is 0 Å². The van der Waals surface area contributed by atoms with Crippen LogP contribution in [0.15, 0.2) is 24.3 Å². The summed E-state index contributed by atoms with van der Waals surface area (Å²) in [7, 11) is 0. The Hall–Kier alpha value is -0.600. The fraction of sp³-hybridized carbons (Fsp3) is 0.810. The minimum Gasteiger partial charge on any atom is -0.396 e. The molecular formula is C21H32O2. The first-order valence-electron chi connectivity index (χ1n) is 9.62. The largest absolute Gasteiger partial charge is 0.396 e. The predicted molar refractivity (Wildman–Crippen MR) is 92.8 cm³/mol. The van der Waals surface area contributed by atoms with Gasteiger partial charge in [-0.25, -0.2) is 0 Å². The van der Waals surface area contributed by atoms with Gasteiger partial charge in [-0.3, -0.25) is 0 Å². The van der Waals surface area contributed by atoms with E-state index in [0.29, 0.717) is 29.8 Å². The van der Waals surface area contributed by atoms with E-state index in [4.69, 9.17) is 0 Å². The van der Waals surface area contributed by atoms with Crippen LogP contribution >= 0.6 is 0 Å². The van der Waals surface area contributed by atoms with Gasteiger partial charge in [0.1, 0.15) is 0 Å². The third kappa shape index (κ3) is 2.00. The van der Waals surface area contributed by atoms with Crippen molar-refractivity contribution in [2.24, 2.45) is 34.5 Å². The summed E-state index contributed by atoms with van der Waals surface area (Å²) < 4.78 is 0. The Morgan fingerprint density at radius 2 is 1.83 bits per heavy atom. The molecule has 0 heterocycles. The van der Waals surface area contributed by atoms with Crippen molar-refractivity contribution in [1.29, 1.82) is 0 Å². The molecule has 0 bridgehead atoms. The van der Waals surface area contributed by atoms with Gasteiger partial charge in [0, 0.05) is 12.0 Å². The van der Waals surface area contributed by atoms with Gasteiger partial charge in [0.2, 0.25) is 0 Å². The van der Waals surface area contributed by atoms with Gasteiger partial charge in [0.25, 0.3) is 0 Å². The molecular weight excluding hydrogens is 284 g/mol. The standard InChI is InChI=1S/C21H32O2/c1-19-12-8-18-16(17(19)6-5-15(19)9-14-22)7-13-21(23)11-4-3-10-20(18,21)2/h3-4,7,13,15-18,22-23H,5-6,8-12,14H2,1-2H3/t15-,16+,17+,18+,19-,20-,21?/m1/s1. The van der Waals surface area contributed by atoms with Crippen molar-refractivity contribution >= 4 is 0 Å². The van der Waals surface area contributed by atoms with Gasteiger partial charge in [0.15, 0.2) is 0 Å². The molecule has 4 aliphatic rings. The van der Waals surface area contributed by atoms with Crippen molar-refractivity contribution in [3.8, 4) is 0 Å². The lowest BCUT2D eigenvalue weighted by molar-refractivity contribution is -0.127. The second-order valence-corrected chi connectivity index (χ2v) is 9.20. The number of allylic oxidation sites excluding steroid dienone is 2. The predicted octanol–water partition coefficient (Wildman–Crippen LogP) is 4.08. The number of rotatable bonds is 2. The van der Waals surface area contributed by atoms with Crippen LogP contribution in [0, 0.1) is 34.5 Å². The van der Waals surface area contributed by atoms with Crippen molar-refractivity contribution in [3.05, 3.63) is 24.3 Å². The maximum atomic E-state index is 11.3. The molecule has 0 aliphatic heterocycles. The SMILES string of the molecule is C[C@]12CC[C@H]3[C@@H](C=CC4(O)CC=CC[C@]34C)[C@@H]1CC[C@@H]2CCO. The maximum absolute atomic E-state index is 11.3. The second-order valence-electron chi connectivity index (χ2n) is 9.20. The lowest BCUT2D eigenvalue weighted by Crippen LogP contribution is -2.58. The van der Waals surface area contributed by atoms with Crippen LogP contribution in [0.25, 0.3) is 0 Å². The molecule has 7 atom stereocenters. The summed E-state index contributed by atoms with van der Waals surface area (Å²) in [5.74, 6) is 2.65. The molecule has 0 amide bonds. The topological polar surface area (TPSA) is 40.5 Å². The van der Waals surface area contributed by atoms with Crippen molar-refractivity contribution in [2.45, 2.75) is 64.4 Å². The molecule has 0 radical (unpaired) electrons. The summed E-state index contributed by atoms with van der Waals surface area (Å²) in [5, 5.41) is 20.7. The molecule has 128 valence electrons. The fourth-order valence-corrected chi connectivity index (χ4v) is 6.95. The summed E-state index contributed by atoms with van der Waals surface area (Å²) in [4.78, 5) is 0. The highest BCUT2D eigenvalue weighted by Crippen LogP contribution is 2.66. The van der Waals surface area contributed by atoms with E-state index < -0.39 is 5.60 Å². The van der Waals surface area contributed by atoms with E-state index in [1.165, 1.54) is 25.7 Å². The monoisotopic (exact) mass is 316 g/mol. The molecule has 2 heteroatoms. The number of aliphatic hydroxyl groups excluding tert-OH is 1. The summed E-state index contributed by atoms with van der Waals surface area (Å²) in [6.07, 6.45) is 16.8. The van der Waals surface area contributed by atoms with Gasteiger partial charge in [-0.1, -0.05) is 38.2 Å². The highest BCUT2D eigenvalue weighted by atomic mass is 16.3. The van der Waals surface area contributed by atoms with Crippen LogP contribution in [-0.2, 0) is 0 Å². The zero-order valence-electron chi connectivity index (χ0n) is 14.7. The lowest BCUT2D eigenvalue weighted by atomic mass is 9.46. The van der Waals surface area contributed by atoms with E-state index in [2.05, 4.69) is 38.2 Å². The molecule has 0 aromatic heterocycles. The Balaban J connectivity index is 1.69. The first-order valence-corrected chi connectivity index (χ1v) is 9.62. The van der Waals surface area contributed by atoms with E-state index in [0.717, 1.165) is 25.2 Å². The molecule has 2 N–H and O–H groups in total. The van der Waals surface area contributed by atoms with Gasteiger partial charge in [0.05, 0.1) is 5.60 Å². The van der Waals surface area contributed by atoms with Gasteiger partial charge in [-0.05, 0) is 74.0 Å². The van der Waals surface area contributed by atoms with Gasteiger partial charge in [-0.15, -0.1) is 0 Å². The zero-order valence-corrected chi connectivity index (χ0v) is 14.7. The molecule has 4 rings (SSSR count). The summed E-state index contributed by atoms with van der Waals surface area (Å²) >= 11 is 0. The van der Waals surface area contributed by atoms with Crippen LogP contribution in [-0.4, -0.2) is 22.4 Å². The highest BCUT2D eigenvalue weighted by Gasteiger charge is 2.61. The molecule has 2 saturated carbocycles. The Morgan fingerprint density at radius 1 is 1.04 bits per heavy atom. The summed E-state index contributed by atoms with van der Waals surface area (Å²) in [5.41, 5.74) is -0.248. The van der Waals surface area contributed by atoms with Crippen LogP contribution in [0.3, 0.4) is 0 Å². The molecule has 0 aromatic carbocycles. The van der Waals surface area contributed by atoms with Gasteiger partial charge >= 0.3 is 0 Å². The highest BCUT2D eigenvalue weighted by molar-refractivity contribution is 5.27. The van der Waals surface area contributed by atoms with Crippen LogP contribution in [0.2, 0.25) is 0 Å². The van der Waals surface area contributed by atoms with Crippen molar-refractivity contribution in [1.82, 2.24) is 0 Å². The average Bonchev–Trinajstić information content (AvgIpc) is 2.85.